The maximum absolute atomic E-state index is 6.40. The van der Waals surface area contributed by atoms with E-state index in [0.29, 0.717) is 21.0 Å². The van der Waals surface area contributed by atoms with Gasteiger partial charge < -0.3 is 11.1 Å². The zero-order chi connectivity index (χ0) is 17.6. The van der Waals surface area contributed by atoms with Crippen LogP contribution in [0, 0.1) is 0 Å². The van der Waals surface area contributed by atoms with Crippen molar-refractivity contribution in [2.75, 3.05) is 11.1 Å². The van der Waals surface area contributed by atoms with Crippen LogP contribution in [0.4, 0.5) is 11.9 Å². The maximum Gasteiger partial charge on any atom is 0.241 e. The van der Waals surface area contributed by atoms with Crippen LogP contribution in [0.15, 0.2) is 42.5 Å². The van der Waals surface area contributed by atoms with Gasteiger partial charge in [-0.15, -0.1) is 5.10 Å². The highest BCUT2D eigenvalue weighted by molar-refractivity contribution is 6.35. The average Bonchev–Trinajstić information content (AvgIpc) is 2.94. The standard InChI is InChI=1S/C17H14Cl3N5/c18-10-3-1-2-9(6-10)15-8-14(12-5-4-11(19)7-13(12)20)22-17-23-16(21)24-25(15)17/h1-7,14-15H,8H2,(H3,21,22,23,24)/t14-,15-/m0/s1. The second kappa shape index (κ2) is 6.41. The molecular weight excluding hydrogens is 381 g/mol. The molecule has 1 aromatic heterocycles. The summed E-state index contributed by atoms with van der Waals surface area (Å²) >= 11 is 18.6. The number of hydrogen-bond acceptors (Lipinski definition) is 4. The molecule has 0 unspecified atom stereocenters. The van der Waals surface area contributed by atoms with Gasteiger partial charge in [0.15, 0.2) is 0 Å². The van der Waals surface area contributed by atoms with Crippen molar-refractivity contribution in [1.29, 1.82) is 0 Å². The predicted molar refractivity (Wildman–Crippen MR) is 101 cm³/mol. The van der Waals surface area contributed by atoms with Gasteiger partial charge in [0, 0.05) is 15.1 Å². The van der Waals surface area contributed by atoms with Gasteiger partial charge in [0.1, 0.15) is 0 Å². The van der Waals surface area contributed by atoms with Gasteiger partial charge in [0.05, 0.1) is 12.1 Å². The molecule has 0 radical (unpaired) electrons. The van der Waals surface area contributed by atoms with E-state index in [1.807, 2.05) is 36.4 Å². The largest absolute Gasteiger partial charge is 0.366 e. The van der Waals surface area contributed by atoms with Crippen LogP contribution in [0.5, 0.6) is 0 Å². The molecule has 3 N–H and O–H groups in total. The highest BCUT2D eigenvalue weighted by Gasteiger charge is 2.31. The van der Waals surface area contributed by atoms with Gasteiger partial charge in [-0.2, -0.15) is 4.98 Å². The Labute approximate surface area is 159 Å². The van der Waals surface area contributed by atoms with Crippen LogP contribution >= 0.6 is 34.8 Å². The molecule has 2 heterocycles. The SMILES string of the molecule is Nc1nc2n(n1)[C@H](c1cccc(Cl)c1)C[C@@H](c1ccc(Cl)cc1Cl)N2. The van der Waals surface area contributed by atoms with E-state index in [2.05, 4.69) is 15.4 Å². The topological polar surface area (TPSA) is 68.8 Å². The fourth-order valence-corrected chi connectivity index (χ4v) is 3.91. The first-order valence-corrected chi connectivity index (χ1v) is 8.83. The summed E-state index contributed by atoms with van der Waals surface area (Å²) in [5.74, 6) is 0.821. The summed E-state index contributed by atoms with van der Waals surface area (Å²) in [7, 11) is 0. The Morgan fingerprint density at radius 2 is 1.88 bits per heavy atom. The number of anilines is 2. The fourth-order valence-electron chi connectivity index (χ4n) is 3.17. The van der Waals surface area contributed by atoms with Gasteiger partial charge in [-0.3, -0.25) is 0 Å². The second-order valence-corrected chi connectivity index (χ2v) is 7.19. The van der Waals surface area contributed by atoms with E-state index >= 15 is 0 Å². The third-order valence-corrected chi connectivity index (χ3v) is 5.07. The second-order valence-electron chi connectivity index (χ2n) is 5.91. The van der Waals surface area contributed by atoms with E-state index in [4.69, 9.17) is 40.5 Å². The van der Waals surface area contributed by atoms with Crippen molar-refractivity contribution in [3.63, 3.8) is 0 Å². The number of nitrogens with zero attached hydrogens (tertiary/aromatic N) is 3. The molecule has 0 fully saturated rings. The van der Waals surface area contributed by atoms with Gasteiger partial charge >= 0.3 is 0 Å². The van der Waals surface area contributed by atoms with E-state index < -0.39 is 0 Å². The van der Waals surface area contributed by atoms with Gasteiger partial charge in [-0.05, 0) is 41.8 Å². The van der Waals surface area contributed by atoms with E-state index in [0.717, 1.165) is 17.5 Å². The molecule has 0 aliphatic carbocycles. The first kappa shape index (κ1) is 16.5. The summed E-state index contributed by atoms with van der Waals surface area (Å²) in [4.78, 5) is 4.29. The molecular formula is C17H14Cl3N5. The number of halogens is 3. The molecule has 2 atom stereocenters. The lowest BCUT2D eigenvalue weighted by atomic mass is 9.93. The molecule has 2 aromatic carbocycles. The molecule has 0 amide bonds. The third kappa shape index (κ3) is 3.15. The molecule has 128 valence electrons. The van der Waals surface area contributed by atoms with Crippen LogP contribution in [-0.2, 0) is 0 Å². The smallest absolute Gasteiger partial charge is 0.241 e. The molecule has 0 bridgehead atoms. The number of fused-ring (bicyclic) bond motifs is 1. The van der Waals surface area contributed by atoms with E-state index in [9.17, 15) is 0 Å². The molecule has 8 heteroatoms. The molecule has 0 saturated carbocycles. The zero-order valence-electron chi connectivity index (χ0n) is 13.0. The summed E-state index contributed by atoms with van der Waals surface area (Å²) in [6.45, 7) is 0. The Balaban J connectivity index is 1.78. The van der Waals surface area contributed by atoms with Crippen LogP contribution in [0.2, 0.25) is 15.1 Å². The summed E-state index contributed by atoms with van der Waals surface area (Å²) < 4.78 is 1.79. The monoisotopic (exact) mass is 393 g/mol. The molecule has 5 nitrogen and oxygen atoms in total. The van der Waals surface area contributed by atoms with Crippen LogP contribution in [0.1, 0.15) is 29.6 Å². The molecule has 1 aliphatic heterocycles. The number of rotatable bonds is 2. The number of hydrogen-bond donors (Lipinski definition) is 2. The summed E-state index contributed by atoms with van der Waals surface area (Å²) in [5, 5.41) is 9.57. The maximum atomic E-state index is 6.40. The molecule has 0 saturated heterocycles. The van der Waals surface area contributed by atoms with Crippen molar-refractivity contribution in [1.82, 2.24) is 14.8 Å². The van der Waals surface area contributed by atoms with Crippen molar-refractivity contribution >= 4 is 46.7 Å². The van der Waals surface area contributed by atoms with E-state index in [1.54, 1.807) is 10.7 Å². The molecule has 1 aliphatic rings. The fraction of sp³-hybridized carbons (Fsp3) is 0.176. The molecule has 0 spiro atoms. The lowest BCUT2D eigenvalue weighted by molar-refractivity contribution is 0.431. The first-order chi connectivity index (χ1) is 12.0. The summed E-state index contributed by atoms with van der Waals surface area (Å²) in [6.07, 6.45) is 0.720. The van der Waals surface area contributed by atoms with Crippen molar-refractivity contribution in [2.24, 2.45) is 0 Å². The highest BCUT2D eigenvalue weighted by atomic mass is 35.5. The third-order valence-electron chi connectivity index (χ3n) is 4.28. The zero-order valence-corrected chi connectivity index (χ0v) is 15.2. The quantitative estimate of drug-likeness (QED) is 0.644. The van der Waals surface area contributed by atoms with Gasteiger partial charge in [0.2, 0.25) is 11.9 Å². The minimum atomic E-state index is -0.0588. The number of nitrogen functional groups attached to an aromatic ring is 1. The predicted octanol–water partition coefficient (Wildman–Crippen LogP) is 4.97. The number of nitrogens with one attached hydrogen (secondary N) is 1. The Kier molecular flexibility index (Phi) is 4.23. The Hall–Kier alpha value is -1.95. The molecule has 4 rings (SSSR count). The number of aromatic nitrogens is 3. The van der Waals surface area contributed by atoms with Crippen LogP contribution < -0.4 is 11.1 Å². The van der Waals surface area contributed by atoms with E-state index in [1.165, 1.54) is 0 Å². The lowest BCUT2D eigenvalue weighted by Gasteiger charge is -2.32. The Bertz CT molecular complexity index is 940. The van der Waals surface area contributed by atoms with Crippen molar-refractivity contribution in [3.05, 3.63) is 68.7 Å². The van der Waals surface area contributed by atoms with Crippen molar-refractivity contribution < 1.29 is 0 Å². The van der Waals surface area contributed by atoms with E-state index in [-0.39, 0.29) is 18.0 Å². The van der Waals surface area contributed by atoms with Crippen LogP contribution in [-0.4, -0.2) is 14.8 Å². The van der Waals surface area contributed by atoms with Gasteiger partial charge in [-0.1, -0.05) is 53.0 Å². The first-order valence-electron chi connectivity index (χ1n) is 7.70. The normalized spacial score (nSPS) is 19.3. The molecule has 25 heavy (non-hydrogen) atoms. The Morgan fingerprint density at radius 1 is 1.08 bits per heavy atom. The molecule has 3 aromatic rings. The minimum Gasteiger partial charge on any atom is -0.366 e. The summed E-state index contributed by atoms with van der Waals surface area (Å²) in [6, 6.07) is 13.1. The van der Waals surface area contributed by atoms with Crippen LogP contribution in [0.25, 0.3) is 0 Å². The lowest BCUT2D eigenvalue weighted by Crippen LogP contribution is -2.28. The average molecular weight is 395 g/mol. The summed E-state index contributed by atoms with van der Waals surface area (Å²) in [5.41, 5.74) is 7.80. The van der Waals surface area contributed by atoms with Crippen molar-refractivity contribution in [2.45, 2.75) is 18.5 Å². The Morgan fingerprint density at radius 3 is 2.64 bits per heavy atom. The minimum absolute atomic E-state index is 0.0511. The van der Waals surface area contributed by atoms with Crippen molar-refractivity contribution in [3.8, 4) is 0 Å². The van der Waals surface area contributed by atoms with Gasteiger partial charge in [-0.25, -0.2) is 4.68 Å². The van der Waals surface area contributed by atoms with Gasteiger partial charge in [0.25, 0.3) is 0 Å². The number of nitrogens with two attached hydrogens (primary N) is 1. The van der Waals surface area contributed by atoms with Crippen LogP contribution in [0.3, 0.4) is 0 Å². The number of benzene rings is 2. The highest BCUT2D eigenvalue weighted by Crippen LogP contribution is 2.40.